The molecule has 1 aromatic rings. The summed E-state index contributed by atoms with van der Waals surface area (Å²) in [7, 11) is 1.71. The minimum absolute atomic E-state index is 0.0101. The third-order valence-electron chi connectivity index (χ3n) is 4.04. The zero-order chi connectivity index (χ0) is 15.2. The highest BCUT2D eigenvalue weighted by molar-refractivity contribution is 5.93. The monoisotopic (exact) mass is 291 g/mol. The first kappa shape index (κ1) is 15.8. The van der Waals surface area contributed by atoms with Crippen LogP contribution < -0.4 is 5.32 Å². The number of pyridine rings is 1. The van der Waals surface area contributed by atoms with E-state index in [1.165, 1.54) is 0 Å². The average molecular weight is 291 g/mol. The quantitative estimate of drug-likeness (QED) is 0.905. The maximum atomic E-state index is 12.6. The zero-order valence-electron chi connectivity index (χ0n) is 13.1. The molecule has 1 fully saturated rings. The summed E-state index contributed by atoms with van der Waals surface area (Å²) in [5.41, 5.74) is 1.45. The number of ether oxygens (including phenoxy) is 1. The molecular formula is C16H25N3O2. The highest BCUT2D eigenvalue weighted by atomic mass is 16.5. The summed E-state index contributed by atoms with van der Waals surface area (Å²) in [4.78, 5) is 18.6. The van der Waals surface area contributed by atoms with E-state index in [1.807, 2.05) is 17.0 Å². The minimum Gasteiger partial charge on any atom is -0.385 e. The van der Waals surface area contributed by atoms with Gasteiger partial charge in [0.2, 0.25) is 0 Å². The fourth-order valence-electron chi connectivity index (χ4n) is 2.61. The number of aromatic nitrogens is 1. The molecule has 0 aliphatic carbocycles. The topological polar surface area (TPSA) is 54.5 Å². The fourth-order valence-corrected chi connectivity index (χ4v) is 2.61. The molecule has 5 heteroatoms. The first-order valence-corrected chi connectivity index (χ1v) is 7.67. The van der Waals surface area contributed by atoms with Crippen molar-refractivity contribution >= 4 is 11.6 Å². The highest BCUT2D eigenvalue weighted by Crippen LogP contribution is 2.21. The second-order valence-corrected chi connectivity index (χ2v) is 5.65. The molecule has 2 rings (SSSR count). The molecule has 1 aliphatic heterocycles. The average Bonchev–Trinajstić information content (AvgIpc) is 2.53. The smallest absolute Gasteiger partial charge is 0.272 e. The largest absolute Gasteiger partial charge is 0.385 e. The molecule has 1 saturated heterocycles. The van der Waals surface area contributed by atoms with E-state index in [0.29, 0.717) is 18.2 Å². The number of amides is 1. The lowest BCUT2D eigenvalue weighted by atomic mass is 9.95. The summed E-state index contributed by atoms with van der Waals surface area (Å²) < 4.78 is 5.47. The van der Waals surface area contributed by atoms with E-state index in [9.17, 15) is 4.79 Å². The number of nitrogens with one attached hydrogen (secondary N) is 1. The number of nitrogens with zero attached hydrogens (tertiary/aromatic N) is 2. The summed E-state index contributed by atoms with van der Waals surface area (Å²) >= 11 is 0. The van der Waals surface area contributed by atoms with Crippen LogP contribution in [0.3, 0.4) is 0 Å². The van der Waals surface area contributed by atoms with E-state index >= 15 is 0 Å². The van der Waals surface area contributed by atoms with Crippen molar-refractivity contribution in [1.82, 2.24) is 9.88 Å². The van der Waals surface area contributed by atoms with Gasteiger partial charge in [0.1, 0.15) is 5.69 Å². The number of anilines is 1. The van der Waals surface area contributed by atoms with Crippen LogP contribution in [0, 0.1) is 5.92 Å². The van der Waals surface area contributed by atoms with Crippen molar-refractivity contribution in [3.8, 4) is 0 Å². The van der Waals surface area contributed by atoms with Crippen LogP contribution in [0.25, 0.3) is 0 Å². The Kier molecular flexibility index (Phi) is 5.56. The molecule has 0 aromatic carbocycles. The normalized spacial score (nSPS) is 22.1. The van der Waals surface area contributed by atoms with E-state index < -0.39 is 0 Å². The number of methoxy groups -OCH3 is 1. The van der Waals surface area contributed by atoms with Crippen LogP contribution in [0.15, 0.2) is 18.3 Å². The minimum atomic E-state index is -0.0101. The Morgan fingerprint density at radius 1 is 1.57 bits per heavy atom. The van der Waals surface area contributed by atoms with Gasteiger partial charge in [-0.15, -0.1) is 0 Å². The maximum Gasteiger partial charge on any atom is 0.272 e. The van der Waals surface area contributed by atoms with Crippen LogP contribution in [-0.2, 0) is 4.74 Å². The molecule has 5 nitrogen and oxygen atoms in total. The van der Waals surface area contributed by atoms with E-state index in [0.717, 1.165) is 31.6 Å². The molecule has 1 amide bonds. The van der Waals surface area contributed by atoms with Crippen molar-refractivity contribution in [1.29, 1.82) is 0 Å². The van der Waals surface area contributed by atoms with Gasteiger partial charge >= 0.3 is 0 Å². The lowest BCUT2D eigenvalue weighted by molar-refractivity contribution is -0.00177. The van der Waals surface area contributed by atoms with E-state index in [2.05, 4.69) is 24.1 Å². The van der Waals surface area contributed by atoms with Gasteiger partial charge in [-0.1, -0.05) is 13.8 Å². The third kappa shape index (κ3) is 3.94. The second-order valence-electron chi connectivity index (χ2n) is 5.65. The van der Waals surface area contributed by atoms with Gasteiger partial charge in [-0.25, -0.2) is 0 Å². The van der Waals surface area contributed by atoms with Crippen molar-refractivity contribution < 1.29 is 9.53 Å². The van der Waals surface area contributed by atoms with Crippen LogP contribution in [0.4, 0.5) is 5.69 Å². The first-order chi connectivity index (χ1) is 10.2. The number of rotatable bonds is 5. The third-order valence-corrected chi connectivity index (χ3v) is 4.04. The molecule has 0 radical (unpaired) electrons. The second kappa shape index (κ2) is 7.41. The number of carbonyl (C=O) groups excluding carboxylic acids is 1. The van der Waals surface area contributed by atoms with Crippen molar-refractivity contribution in [2.24, 2.45) is 5.92 Å². The number of hydrogen-bond donors (Lipinski definition) is 1. The van der Waals surface area contributed by atoms with E-state index in [4.69, 9.17) is 4.74 Å². The van der Waals surface area contributed by atoms with Crippen LogP contribution in [0.2, 0.25) is 0 Å². The maximum absolute atomic E-state index is 12.6. The Hall–Kier alpha value is -1.62. The molecule has 2 heterocycles. The fraction of sp³-hybridized carbons (Fsp3) is 0.625. The van der Waals surface area contributed by atoms with Gasteiger partial charge in [-0.05, 0) is 30.9 Å². The molecule has 2 unspecified atom stereocenters. The van der Waals surface area contributed by atoms with Crippen LogP contribution in [0.5, 0.6) is 0 Å². The van der Waals surface area contributed by atoms with Gasteiger partial charge in [0.25, 0.3) is 5.91 Å². The number of carbonyl (C=O) groups is 1. The molecule has 2 atom stereocenters. The summed E-state index contributed by atoms with van der Waals surface area (Å²) in [6, 6.07) is 3.72. The summed E-state index contributed by atoms with van der Waals surface area (Å²) in [6.07, 6.45) is 3.82. The number of likely N-dealkylation sites (tertiary alicyclic amines) is 1. The van der Waals surface area contributed by atoms with Crippen LogP contribution in [0.1, 0.15) is 37.2 Å². The Morgan fingerprint density at radius 2 is 2.38 bits per heavy atom. The molecular weight excluding hydrogens is 266 g/mol. The lowest BCUT2D eigenvalue weighted by Gasteiger charge is -2.36. The van der Waals surface area contributed by atoms with Gasteiger partial charge in [0.15, 0.2) is 0 Å². The SMILES string of the molecule is CCCNc1ccnc(C(=O)N2CCC(C)C(OC)C2)c1. The summed E-state index contributed by atoms with van der Waals surface area (Å²) in [5, 5.41) is 3.28. The Balaban J connectivity index is 2.05. The van der Waals surface area contributed by atoms with Crippen LogP contribution in [-0.4, -0.2) is 48.6 Å². The molecule has 0 spiro atoms. The van der Waals surface area contributed by atoms with Gasteiger partial charge < -0.3 is 15.0 Å². The zero-order valence-corrected chi connectivity index (χ0v) is 13.1. The van der Waals surface area contributed by atoms with Crippen molar-refractivity contribution in [3.63, 3.8) is 0 Å². The van der Waals surface area contributed by atoms with Crippen LogP contribution >= 0.6 is 0 Å². The first-order valence-electron chi connectivity index (χ1n) is 7.67. The molecule has 116 valence electrons. The van der Waals surface area contributed by atoms with Gasteiger partial charge in [0.05, 0.1) is 6.10 Å². The number of piperidine rings is 1. The highest BCUT2D eigenvalue weighted by Gasteiger charge is 2.29. The molecule has 1 aliphatic rings. The molecule has 1 aromatic heterocycles. The molecule has 1 N–H and O–H groups in total. The standard InChI is InChI=1S/C16H25N3O2/c1-4-7-17-13-5-8-18-14(10-13)16(20)19-9-6-12(2)15(11-19)21-3/h5,8,10,12,15H,4,6-7,9,11H2,1-3H3,(H,17,18). The van der Waals surface area contributed by atoms with E-state index in [-0.39, 0.29) is 12.0 Å². The summed E-state index contributed by atoms with van der Waals surface area (Å²) in [6.45, 7) is 6.59. The predicted molar refractivity (Wildman–Crippen MR) is 83.5 cm³/mol. The van der Waals surface area contributed by atoms with Gasteiger partial charge in [0, 0.05) is 38.6 Å². The molecule has 0 saturated carbocycles. The van der Waals surface area contributed by atoms with Gasteiger partial charge in [-0.3, -0.25) is 9.78 Å². The Morgan fingerprint density at radius 3 is 3.10 bits per heavy atom. The van der Waals surface area contributed by atoms with Crippen molar-refractivity contribution in [2.45, 2.75) is 32.8 Å². The lowest BCUT2D eigenvalue weighted by Crippen LogP contribution is -2.46. The number of hydrogen-bond acceptors (Lipinski definition) is 4. The summed E-state index contributed by atoms with van der Waals surface area (Å²) in [5.74, 6) is 0.480. The van der Waals surface area contributed by atoms with Crippen molar-refractivity contribution in [3.05, 3.63) is 24.0 Å². The molecule has 0 bridgehead atoms. The van der Waals surface area contributed by atoms with E-state index in [1.54, 1.807) is 13.3 Å². The Bertz CT molecular complexity index is 478. The Labute approximate surface area is 126 Å². The molecule has 21 heavy (non-hydrogen) atoms. The van der Waals surface area contributed by atoms with Gasteiger partial charge in [-0.2, -0.15) is 0 Å². The van der Waals surface area contributed by atoms with Crippen molar-refractivity contribution in [2.75, 3.05) is 32.1 Å². The predicted octanol–water partition coefficient (Wildman–Crippen LogP) is 2.40.